The Kier molecular flexibility index (Phi) is 5.77. The SMILES string of the molecule is CSCCNC(c1ccc(F)cn1)C(C)C. The highest BCUT2D eigenvalue weighted by molar-refractivity contribution is 7.98. The Morgan fingerprint density at radius 3 is 2.69 bits per heavy atom. The zero-order chi connectivity index (χ0) is 12.0. The van der Waals surface area contributed by atoms with Crippen LogP contribution in [0.3, 0.4) is 0 Å². The van der Waals surface area contributed by atoms with Crippen LogP contribution in [0.15, 0.2) is 18.3 Å². The molecule has 1 heterocycles. The van der Waals surface area contributed by atoms with Gasteiger partial charge in [-0.05, 0) is 24.3 Å². The molecule has 0 saturated carbocycles. The fourth-order valence-corrected chi connectivity index (χ4v) is 1.89. The maximum absolute atomic E-state index is 12.8. The Bertz CT molecular complexity index is 300. The third-order valence-electron chi connectivity index (χ3n) is 2.41. The van der Waals surface area contributed by atoms with Crippen molar-refractivity contribution in [2.24, 2.45) is 5.92 Å². The zero-order valence-corrected chi connectivity index (χ0v) is 10.9. The van der Waals surface area contributed by atoms with Gasteiger partial charge in [-0.3, -0.25) is 4.98 Å². The molecule has 1 unspecified atom stereocenters. The molecule has 0 amide bonds. The van der Waals surface area contributed by atoms with E-state index in [1.807, 2.05) is 11.8 Å². The summed E-state index contributed by atoms with van der Waals surface area (Å²) >= 11 is 1.81. The highest BCUT2D eigenvalue weighted by atomic mass is 32.2. The molecule has 1 rings (SSSR count). The van der Waals surface area contributed by atoms with Gasteiger partial charge in [0.25, 0.3) is 0 Å². The van der Waals surface area contributed by atoms with E-state index in [0.29, 0.717) is 5.92 Å². The van der Waals surface area contributed by atoms with Crippen LogP contribution < -0.4 is 5.32 Å². The minimum absolute atomic E-state index is 0.202. The molecule has 0 aliphatic heterocycles. The number of rotatable bonds is 6. The average molecular weight is 242 g/mol. The van der Waals surface area contributed by atoms with Gasteiger partial charge in [0, 0.05) is 12.3 Å². The summed E-state index contributed by atoms with van der Waals surface area (Å²) < 4.78 is 12.8. The van der Waals surface area contributed by atoms with Crippen molar-refractivity contribution in [3.8, 4) is 0 Å². The topological polar surface area (TPSA) is 24.9 Å². The number of aromatic nitrogens is 1. The van der Waals surface area contributed by atoms with Crippen molar-refractivity contribution in [3.63, 3.8) is 0 Å². The van der Waals surface area contributed by atoms with Crippen LogP contribution in [0.4, 0.5) is 4.39 Å². The van der Waals surface area contributed by atoms with E-state index in [1.54, 1.807) is 6.07 Å². The first-order valence-electron chi connectivity index (χ1n) is 5.49. The van der Waals surface area contributed by atoms with Crippen molar-refractivity contribution in [1.82, 2.24) is 10.3 Å². The van der Waals surface area contributed by atoms with Gasteiger partial charge in [0.15, 0.2) is 0 Å². The van der Waals surface area contributed by atoms with Gasteiger partial charge in [-0.25, -0.2) is 4.39 Å². The van der Waals surface area contributed by atoms with Crippen LogP contribution in [0.1, 0.15) is 25.6 Å². The van der Waals surface area contributed by atoms with Crippen LogP contribution in [0.2, 0.25) is 0 Å². The smallest absolute Gasteiger partial charge is 0.141 e. The van der Waals surface area contributed by atoms with Gasteiger partial charge < -0.3 is 5.32 Å². The quantitative estimate of drug-likeness (QED) is 0.776. The normalized spacial score (nSPS) is 13.1. The van der Waals surface area contributed by atoms with E-state index < -0.39 is 0 Å². The lowest BCUT2D eigenvalue weighted by Crippen LogP contribution is -2.28. The Morgan fingerprint density at radius 2 is 2.19 bits per heavy atom. The molecule has 0 aliphatic carbocycles. The highest BCUT2D eigenvalue weighted by Gasteiger charge is 2.15. The minimum atomic E-state index is -0.282. The molecule has 1 atom stereocenters. The molecule has 0 saturated heterocycles. The van der Waals surface area contributed by atoms with Crippen molar-refractivity contribution >= 4 is 11.8 Å². The van der Waals surface area contributed by atoms with Crippen molar-refractivity contribution in [2.45, 2.75) is 19.9 Å². The number of hydrogen-bond donors (Lipinski definition) is 1. The van der Waals surface area contributed by atoms with E-state index in [1.165, 1.54) is 12.3 Å². The standard InChI is InChI=1S/C12H19FN2S/c1-9(2)12(14-6-7-16-3)11-5-4-10(13)8-15-11/h4-5,8-9,12,14H,6-7H2,1-3H3. The predicted octanol–water partition coefficient (Wildman–Crippen LogP) is 2.87. The monoisotopic (exact) mass is 242 g/mol. The van der Waals surface area contributed by atoms with Gasteiger partial charge in [-0.2, -0.15) is 11.8 Å². The summed E-state index contributed by atoms with van der Waals surface area (Å²) in [7, 11) is 0. The summed E-state index contributed by atoms with van der Waals surface area (Å²) in [6, 6.07) is 3.42. The van der Waals surface area contributed by atoms with Gasteiger partial charge in [0.05, 0.1) is 17.9 Å². The van der Waals surface area contributed by atoms with Crippen molar-refractivity contribution in [2.75, 3.05) is 18.6 Å². The maximum atomic E-state index is 12.8. The predicted molar refractivity (Wildman–Crippen MR) is 68.2 cm³/mol. The van der Waals surface area contributed by atoms with E-state index >= 15 is 0 Å². The second-order valence-electron chi connectivity index (χ2n) is 4.07. The second-order valence-corrected chi connectivity index (χ2v) is 5.06. The molecule has 0 bridgehead atoms. The second kappa shape index (κ2) is 6.86. The molecule has 2 nitrogen and oxygen atoms in total. The molecule has 16 heavy (non-hydrogen) atoms. The summed E-state index contributed by atoms with van der Waals surface area (Å²) in [4.78, 5) is 4.13. The van der Waals surface area contributed by atoms with Crippen LogP contribution >= 0.6 is 11.8 Å². The van der Waals surface area contributed by atoms with Crippen LogP contribution in [0, 0.1) is 11.7 Å². The van der Waals surface area contributed by atoms with Crippen molar-refractivity contribution in [1.29, 1.82) is 0 Å². The van der Waals surface area contributed by atoms with Gasteiger partial charge >= 0.3 is 0 Å². The molecule has 1 aromatic heterocycles. The van der Waals surface area contributed by atoms with Crippen LogP contribution in [0.25, 0.3) is 0 Å². The van der Waals surface area contributed by atoms with Crippen LogP contribution in [-0.4, -0.2) is 23.5 Å². The fourth-order valence-electron chi connectivity index (χ4n) is 1.57. The number of pyridine rings is 1. The number of nitrogens with one attached hydrogen (secondary N) is 1. The molecule has 0 spiro atoms. The number of hydrogen-bond acceptors (Lipinski definition) is 3. The molecule has 1 N–H and O–H groups in total. The van der Waals surface area contributed by atoms with Crippen molar-refractivity contribution < 1.29 is 4.39 Å². The lowest BCUT2D eigenvalue weighted by Gasteiger charge is -2.21. The van der Waals surface area contributed by atoms with E-state index in [0.717, 1.165) is 18.0 Å². The van der Waals surface area contributed by atoms with Gasteiger partial charge in [0.1, 0.15) is 5.82 Å². The van der Waals surface area contributed by atoms with E-state index in [4.69, 9.17) is 0 Å². The molecule has 90 valence electrons. The first-order valence-corrected chi connectivity index (χ1v) is 6.88. The van der Waals surface area contributed by atoms with Gasteiger partial charge in [0.2, 0.25) is 0 Å². The van der Waals surface area contributed by atoms with Crippen LogP contribution in [0.5, 0.6) is 0 Å². The van der Waals surface area contributed by atoms with E-state index in [2.05, 4.69) is 30.4 Å². The summed E-state index contributed by atoms with van der Waals surface area (Å²) in [5, 5.41) is 3.45. The van der Waals surface area contributed by atoms with E-state index in [-0.39, 0.29) is 11.9 Å². The number of halogens is 1. The average Bonchev–Trinajstić information content (AvgIpc) is 2.26. The fraction of sp³-hybridized carbons (Fsp3) is 0.583. The zero-order valence-electron chi connectivity index (χ0n) is 10.0. The highest BCUT2D eigenvalue weighted by Crippen LogP contribution is 2.19. The largest absolute Gasteiger partial charge is 0.308 e. The number of thioether (sulfide) groups is 1. The van der Waals surface area contributed by atoms with Gasteiger partial charge in [-0.15, -0.1) is 0 Å². The molecule has 0 radical (unpaired) electrons. The molecular formula is C12H19FN2S. The molecule has 0 aliphatic rings. The molecule has 4 heteroatoms. The molecular weight excluding hydrogens is 223 g/mol. The van der Waals surface area contributed by atoms with Crippen molar-refractivity contribution in [3.05, 3.63) is 29.8 Å². The summed E-state index contributed by atoms with van der Waals surface area (Å²) in [6.07, 6.45) is 3.36. The third kappa shape index (κ3) is 4.10. The first-order chi connectivity index (χ1) is 7.65. The van der Waals surface area contributed by atoms with Gasteiger partial charge in [-0.1, -0.05) is 13.8 Å². The Labute approximate surface area is 101 Å². The summed E-state index contributed by atoms with van der Waals surface area (Å²) in [6.45, 7) is 5.23. The Balaban J connectivity index is 2.65. The number of nitrogens with zero attached hydrogens (tertiary/aromatic N) is 1. The lowest BCUT2D eigenvalue weighted by atomic mass is 10.0. The summed E-state index contributed by atoms with van der Waals surface area (Å²) in [5.74, 6) is 1.24. The first kappa shape index (κ1) is 13.5. The molecule has 0 fully saturated rings. The molecule has 0 aromatic carbocycles. The summed E-state index contributed by atoms with van der Waals surface area (Å²) in [5.41, 5.74) is 0.914. The Hall–Kier alpha value is -0.610. The molecule has 1 aromatic rings. The minimum Gasteiger partial charge on any atom is -0.308 e. The van der Waals surface area contributed by atoms with E-state index in [9.17, 15) is 4.39 Å². The Morgan fingerprint density at radius 1 is 1.44 bits per heavy atom. The lowest BCUT2D eigenvalue weighted by molar-refractivity contribution is 0.413. The van der Waals surface area contributed by atoms with Crippen LogP contribution in [-0.2, 0) is 0 Å². The maximum Gasteiger partial charge on any atom is 0.141 e. The third-order valence-corrected chi connectivity index (χ3v) is 3.02.